The molecule has 3 nitrogen and oxygen atoms in total. The van der Waals surface area contributed by atoms with E-state index in [1.54, 1.807) is 0 Å². The lowest BCUT2D eigenvalue weighted by molar-refractivity contribution is -0.138. The minimum Gasteiger partial charge on any atom is -0.466 e. The van der Waals surface area contributed by atoms with Crippen molar-refractivity contribution in [3.05, 3.63) is 11.6 Å². The van der Waals surface area contributed by atoms with E-state index in [0.717, 1.165) is 18.4 Å². The summed E-state index contributed by atoms with van der Waals surface area (Å²) in [5.41, 5.74) is 0.726. The van der Waals surface area contributed by atoms with Gasteiger partial charge in [-0.25, -0.2) is 4.79 Å². The molecular weight excluding hydrogens is 204 g/mol. The minimum atomic E-state index is -0.238. The van der Waals surface area contributed by atoms with E-state index in [1.807, 2.05) is 6.08 Å². The molecule has 0 aromatic carbocycles. The Hall–Kier alpha value is -1.12. The van der Waals surface area contributed by atoms with Crippen molar-refractivity contribution in [2.45, 2.75) is 39.0 Å². The van der Waals surface area contributed by atoms with Crippen LogP contribution in [-0.2, 0) is 14.3 Å². The Morgan fingerprint density at radius 1 is 1.56 bits per heavy atom. The molecule has 88 valence electrons. The molecule has 2 atom stereocenters. The van der Waals surface area contributed by atoms with Crippen molar-refractivity contribution in [3.8, 4) is 0 Å². The van der Waals surface area contributed by atoms with Crippen molar-refractivity contribution in [1.82, 2.24) is 0 Å². The number of carbonyl (C=O) groups is 2. The van der Waals surface area contributed by atoms with Gasteiger partial charge in [-0.15, -0.1) is 0 Å². The highest BCUT2D eigenvalue weighted by atomic mass is 16.5. The Balaban J connectivity index is 2.23. The molecule has 0 saturated heterocycles. The predicted octanol–water partition coefficient (Wildman–Crippen LogP) is 2.26. The van der Waals surface area contributed by atoms with Gasteiger partial charge in [0.05, 0.1) is 7.11 Å². The molecule has 0 bridgehead atoms. The van der Waals surface area contributed by atoms with Crippen LogP contribution in [0.25, 0.3) is 0 Å². The number of allylic oxidation sites excluding steroid dienone is 1. The lowest BCUT2D eigenvalue weighted by Gasteiger charge is -2.43. The third kappa shape index (κ3) is 1.79. The summed E-state index contributed by atoms with van der Waals surface area (Å²) in [6.45, 7) is 2.13. The van der Waals surface area contributed by atoms with Gasteiger partial charge < -0.3 is 4.74 Å². The van der Waals surface area contributed by atoms with Gasteiger partial charge in [-0.3, -0.25) is 4.79 Å². The van der Waals surface area contributed by atoms with Crippen LogP contribution in [0.1, 0.15) is 39.0 Å². The fraction of sp³-hybridized carbons (Fsp3) is 0.692. The topological polar surface area (TPSA) is 43.4 Å². The van der Waals surface area contributed by atoms with Gasteiger partial charge in [-0.05, 0) is 31.1 Å². The van der Waals surface area contributed by atoms with E-state index in [2.05, 4.69) is 6.92 Å². The van der Waals surface area contributed by atoms with Gasteiger partial charge in [0.15, 0.2) is 0 Å². The molecule has 0 N–H and O–H groups in total. The van der Waals surface area contributed by atoms with E-state index in [9.17, 15) is 9.59 Å². The summed E-state index contributed by atoms with van der Waals surface area (Å²) in [6, 6.07) is 0. The fourth-order valence-corrected chi connectivity index (χ4v) is 3.09. The number of ether oxygens (including phenoxy) is 1. The number of Topliss-reactive ketones (excluding diaryl/α,β-unsaturated/α-hetero) is 1. The molecule has 0 aromatic heterocycles. The first-order valence-corrected chi connectivity index (χ1v) is 5.87. The van der Waals surface area contributed by atoms with Gasteiger partial charge in [0.2, 0.25) is 0 Å². The predicted molar refractivity (Wildman–Crippen MR) is 59.8 cm³/mol. The van der Waals surface area contributed by atoms with E-state index < -0.39 is 0 Å². The molecule has 2 aliphatic rings. The Labute approximate surface area is 95.9 Å². The second kappa shape index (κ2) is 4.04. The van der Waals surface area contributed by atoms with Crippen molar-refractivity contribution >= 4 is 11.8 Å². The quantitative estimate of drug-likeness (QED) is 0.639. The zero-order valence-corrected chi connectivity index (χ0v) is 9.91. The summed E-state index contributed by atoms with van der Waals surface area (Å²) >= 11 is 0. The Morgan fingerprint density at radius 3 is 3.00 bits per heavy atom. The summed E-state index contributed by atoms with van der Waals surface area (Å²) < 4.78 is 4.75. The lowest BCUT2D eigenvalue weighted by Crippen LogP contribution is -2.40. The van der Waals surface area contributed by atoms with Crippen LogP contribution >= 0.6 is 0 Å². The number of rotatable bonds is 1. The van der Waals surface area contributed by atoms with E-state index in [4.69, 9.17) is 4.74 Å². The molecule has 0 heterocycles. The summed E-state index contributed by atoms with van der Waals surface area (Å²) in [4.78, 5) is 23.3. The Bertz CT molecular complexity index is 356. The van der Waals surface area contributed by atoms with E-state index in [0.29, 0.717) is 25.0 Å². The van der Waals surface area contributed by atoms with Gasteiger partial charge >= 0.3 is 5.97 Å². The van der Waals surface area contributed by atoms with Crippen LogP contribution in [0.15, 0.2) is 11.6 Å². The largest absolute Gasteiger partial charge is 0.466 e. The summed E-state index contributed by atoms with van der Waals surface area (Å²) in [6.07, 6.45) is 6.00. The molecule has 1 fully saturated rings. The van der Waals surface area contributed by atoms with E-state index in [1.165, 1.54) is 7.11 Å². The van der Waals surface area contributed by atoms with Crippen molar-refractivity contribution in [2.24, 2.45) is 11.3 Å². The number of ketones is 1. The maximum atomic E-state index is 11.8. The second-order valence-electron chi connectivity index (χ2n) is 5.16. The molecule has 1 saturated carbocycles. The molecule has 0 unspecified atom stereocenters. The van der Waals surface area contributed by atoms with Gasteiger partial charge in [-0.2, -0.15) is 0 Å². The van der Waals surface area contributed by atoms with Crippen molar-refractivity contribution in [1.29, 1.82) is 0 Å². The maximum absolute atomic E-state index is 11.8. The first-order chi connectivity index (χ1) is 7.57. The molecule has 0 radical (unpaired) electrons. The highest BCUT2D eigenvalue weighted by Gasteiger charge is 2.44. The monoisotopic (exact) mass is 222 g/mol. The highest BCUT2D eigenvalue weighted by Crippen LogP contribution is 2.48. The van der Waals surface area contributed by atoms with Gasteiger partial charge in [0.25, 0.3) is 0 Å². The van der Waals surface area contributed by atoms with Crippen molar-refractivity contribution < 1.29 is 14.3 Å². The average Bonchev–Trinajstić information content (AvgIpc) is 2.27. The first-order valence-electron chi connectivity index (χ1n) is 5.87. The Morgan fingerprint density at radius 2 is 2.31 bits per heavy atom. The van der Waals surface area contributed by atoms with Crippen LogP contribution < -0.4 is 0 Å². The number of carbonyl (C=O) groups excluding carboxylic acids is 2. The molecule has 0 aromatic rings. The SMILES string of the molecule is COC(=O)C1=CC[C@H]2C(=O)CCC[C@]2(C)C1. The lowest BCUT2D eigenvalue weighted by atomic mass is 9.60. The molecule has 0 amide bonds. The zero-order valence-electron chi connectivity index (χ0n) is 9.91. The number of esters is 1. The third-order valence-electron chi connectivity index (χ3n) is 4.04. The summed E-state index contributed by atoms with van der Waals surface area (Å²) in [7, 11) is 1.41. The van der Waals surface area contributed by atoms with E-state index in [-0.39, 0.29) is 17.3 Å². The van der Waals surface area contributed by atoms with Crippen LogP contribution in [0.3, 0.4) is 0 Å². The molecule has 0 spiro atoms. The molecule has 0 aliphatic heterocycles. The molecule has 2 rings (SSSR count). The molecule has 2 aliphatic carbocycles. The standard InChI is InChI=1S/C13H18O3/c1-13-7-3-4-11(14)10(13)6-5-9(8-13)12(15)16-2/h5,10H,3-4,6-8H2,1-2H3/t10-,13+/m0/s1. The Kier molecular flexibility index (Phi) is 2.87. The third-order valence-corrected chi connectivity index (χ3v) is 4.04. The van der Waals surface area contributed by atoms with Gasteiger partial charge in [0, 0.05) is 17.9 Å². The first kappa shape index (κ1) is 11.4. The zero-order chi connectivity index (χ0) is 11.8. The normalized spacial score (nSPS) is 34.0. The van der Waals surface area contributed by atoms with Gasteiger partial charge in [-0.1, -0.05) is 13.0 Å². The van der Waals surface area contributed by atoms with E-state index >= 15 is 0 Å². The molecular formula is C13H18O3. The number of methoxy groups -OCH3 is 1. The maximum Gasteiger partial charge on any atom is 0.333 e. The van der Waals surface area contributed by atoms with Gasteiger partial charge in [0.1, 0.15) is 5.78 Å². The second-order valence-corrected chi connectivity index (χ2v) is 5.16. The van der Waals surface area contributed by atoms with Crippen LogP contribution in [0.4, 0.5) is 0 Å². The van der Waals surface area contributed by atoms with Crippen LogP contribution in [0.5, 0.6) is 0 Å². The molecule has 3 heteroatoms. The summed E-state index contributed by atoms with van der Waals surface area (Å²) in [5.74, 6) is 0.251. The number of hydrogen-bond donors (Lipinski definition) is 0. The smallest absolute Gasteiger partial charge is 0.333 e. The van der Waals surface area contributed by atoms with Crippen molar-refractivity contribution in [2.75, 3.05) is 7.11 Å². The minimum absolute atomic E-state index is 0.0202. The highest BCUT2D eigenvalue weighted by molar-refractivity contribution is 5.90. The van der Waals surface area contributed by atoms with Crippen LogP contribution in [0.2, 0.25) is 0 Å². The van der Waals surface area contributed by atoms with Crippen LogP contribution in [-0.4, -0.2) is 18.9 Å². The average molecular weight is 222 g/mol. The fourth-order valence-electron chi connectivity index (χ4n) is 3.09. The summed E-state index contributed by atoms with van der Waals surface area (Å²) in [5, 5.41) is 0. The molecule has 16 heavy (non-hydrogen) atoms. The number of hydrogen-bond acceptors (Lipinski definition) is 3. The number of fused-ring (bicyclic) bond motifs is 1. The van der Waals surface area contributed by atoms with Crippen LogP contribution in [0, 0.1) is 11.3 Å². The van der Waals surface area contributed by atoms with Crippen molar-refractivity contribution in [3.63, 3.8) is 0 Å².